The van der Waals surface area contributed by atoms with Gasteiger partial charge in [0.05, 0.1) is 17.6 Å². The number of fused-ring (bicyclic) bond motifs is 1. The molecule has 0 saturated carbocycles. The van der Waals surface area contributed by atoms with Crippen LogP contribution in [0.3, 0.4) is 0 Å². The molecule has 4 rings (SSSR count). The normalized spacial score (nSPS) is 11.5. The highest BCUT2D eigenvalue weighted by molar-refractivity contribution is 5.99. The maximum Gasteiger partial charge on any atom is 0.280 e. The summed E-state index contributed by atoms with van der Waals surface area (Å²) in [5.41, 5.74) is 4.66. The third-order valence-electron chi connectivity index (χ3n) is 5.40. The summed E-state index contributed by atoms with van der Waals surface area (Å²) in [6, 6.07) is 8.69. The van der Waals surface area contributed by atoms with Crippen LogP contribution in [0.4, 0.5) is 8.78 Å². The number of hydrogen-bond donors (Lipinski definition) is 1. The third-order valence-corrected chi connectivity index (χ3v) is 5.40. The van der Waals surface area contributed by atoms with Gasteiger partial charge in [-0.3, -0.25) is 9.48 Å². The van der Waals surface area contributed by atoms with Crippen LogP contribution in [0, 0.1) is 20.8 Å². The molecule has 0 unspecified atom stereocenters. The van der Waals surface area contributed by atoms with Gasteiger partial charge in [0.25, 0.3) is 12.3 Å². The van der Waals surface area contributed by atoms with E-state index in [0.717, 1.165) is 27.0 Å². The lowest BCUT2D eigenvalue weighted by molar-refractivity contribution is 0.0952. The summed E-state index contributed by atoms with van der Waals surface area (Å²) in [7, 11) is 1.83. The predicted molar refractivity (Wildman–Crippen MR) is 112 cm³/mol. The van der Waals surface area contributed by atoms with E-state index < -0.39 is 12.3 Å². The summed E-state index contributed by atoms with van der Waals surface area (Å²) in [5.74, 6) is -0.438. The van der Waals surface area contributed by atoms with Gasteiger partial charge in [0.1, 0.15) is 11.3 Å². The lowest BCUT2D eigenvalue weighted by atomic mass is 10.1. The fourth-order valence-corrected chi connectivity index (χ4v) is 3.51. The van der Waals surface area contributed by atoms with Gasteiger partial charge in [-0.05, 0) is 26.8 Å². The van der Waals surface area contributed by atoms with Crippen LogP contribution < -0.4 is 5.32 Å². The number of alkyl halides is 2. The largest absolute Gasteiger partial charge is 0.348 e. The summed E-state index contributed by atoms with van der Waals surface area (Å²) < 4.78 is 30.2. The fraction of sp³-hybridized carbons (Fsp3) is 0.273. The van der Waals surface area contributed by atoms with Crippen molar-refractivity contribution < 1.29 is 13.6 Å². The number of benzene rings is 1. The first-order valence-electron chi connectivity index (χ1n) is 9.77. The maximum atomic E-state index is 13.7. The second kappa shape index (κ2) is 7.90. The number of carbonyl (C=O) groups excluding carboxylic acids is 1. The van der Waals surface area contributed by atoms with E-state index in [-0.39, 0.29) is 23.4 Å². The molecule has 4 aromatic rings. The molecule has 0 fully saturated rings. The Morgan fingerprint density at radius 2 is 1.87 bits per heavy atom. The van der Waals surface area contributed by atoms with E-state index in [0.29, 0.717) is 11.3 Å². The van der Waals surface area contributed by atoms with Crippen LogP contribution in [-0.2, 0) is 13.6 Å². The van der Waals surface area contributed by atoms with Crippen LogP contribution in [0.2, 0.25) is 0 Å². The van der Waals surface area contributed by atoms with Crippen molar-refractivity contribution >= 4 is 11.6 Å². The highest BCUT2D eigenvalue weighted by atomic mass is 19.3. The highest BCUT2D eigenvalue weighted by Gasteiger charge is 2.22. The topological polar surface area (TPSA) is 77.1 Å². The van der Waals surface area contributed by atoms with Crippen LogP contribution in [0.25, 0.3) is 16.9 Å². The Morgan fingerprint density at radius 1 is 1.16 bits per heavy atom. The molecular weight excluding hydrogens is 402 g/mol. The van der Waals surface area contributed by atoms with E-state index in [4.69, 9.17) is 0 Å². The van der Waals surface area contributed by atoms with Crippen LogP contribution in [0.15, 0.2) is 36.5 Å². The molecule has 9 heteroatoms. The summed E-state index contributed by atoms with van der Waals surface area (Å²) >= 11 is 0. The van der Waals surface area contributed by atoms with E-state index in [2.05, 4.69) is 20.5 Å². The molecule has 0 aliphatic rings. The lowest BCUT2D eigenvalue weighted by Crippen LogP contribution is -2.23. The Balaban J connectivity index is 1.72. The van der Waals surface area contributed by atoms with Crippen molar-refractivity contribution in [1.82, 2.24) is 29.7 Å². The monoisotopic (exact) mass is 424 g/mol. The number of aryl methyl sites for hydroxylation is 3. The van der Waals surface area contributed by atoms with Crippen LogP contribution >= 0.6 is 0 Å². The SMILES string of the molecule is Cc1ccc(-c2cc(C(F)F)n3ncc(C(=O)NCc4c(C)nn(C)c4C)c3n2)cc1. The standard InChI is InChI=1S/C22H22F2N6O/c1-12-5-7-15(8-6-12)18-9-19(20(23)24)30-21(27-18)17(11-26-30)22(31)25-10-16-13(2)28-29(4)14(16)3/h5-9,11,20H,10H2,1-4H3,(H,25,31). The van der Waals surface area contributed by atoms with Crippen molar-refractivity contribution in [3.63, 3.8) is 0 Å². The van der Waals surface area contributed by atoms with E-state index in [9.17, 15) is 13.6 Å². The van der Waals surface area contributed by atoms with Crippen LogP contribution in [0.5, 0.6) is 0 Å². The minimum absolute atomic E-state index is 0.0884. The average molecular weight is 424 g/mol. The molecule has 3 heterocycles. The second-order valence-corrected chi connectivity index (χ2v) is 7.48. The van der Waals surface area contributed by atoms with Gasteiger partial charge in [-0.25, -0.2) is 18.3 Å². The zero-order chi connectivity index (χ0) is 22.3. The number of rotatable bonds is 5. The lowest BCUT2D eigenvalue weighted by Gasteiger charge is -2.09. The quantitative estimate of drug-likeness (QED) is 0.527. The molecule has 3 aromatic heterocycles. The molecule has 0 atom stereocenters. The zero-order valence-corrected chi connectivity index (χ0v) is 17.6. The average Bonchev–Trinajstić information content (AvgIpc) is 3.26. The molecular formula is C22H22F2N6O. The van der Waals surface area contributed by atoms with Gasteiger partial charge >= 0.3 is 0 Å². The number of nitrogens with zero attached hydrogens (tertiary/aromatic N) is 5. The molecule has 31 heavy (non-hydrogen) atoms. The molecule has 1 aromatic carbocycles. The van der Waals surface area contributed by atoms with E-state index in [1.54, 1.807) is 4.68 Å². The van der Waals surface area contributed by atoms with Gasteiger partial charge in [-0.1, -0.05) is 29.8 Å². The molecule has 0 bridgehead atoms. The van der Waals surface area contributed by atoms with Gasteiger partial charge in [0.2, 0.25) is 0 Å². The molecule has 0 spiro atoms. The number of amides is 1. The van der Waals surface area contributed by atoms with Crippen molar-refractivity contribution in [2.45, 2.75) is 33.7 Å². The maximum absolute atomic E-state index is 13.7. The van der Waals surface area contributed by atoms with Crippen LogP contribution in [0.1, 0.15) is 45.0 Å². The van der Waals surface area contributed by atoms with Gasteiger partial charge in [-0.2, -0.15) is 10.2 Å². The molecule has 1 N–H and O–H groups in total. The molecule has 160 valence electrons. The van der Waals surface area contributed by atoms with Gasteiger partial charge in [0.15, 0.2) is 5.65 Å². The Kier molecular flexibility index (Phi) is 5.26. The number of nitrogens with one attached hydrogen (secondary N) is 1. The smallest absolute Gasteiger partial charge is 0.280 e. The van der Waals surface area contributed by atoms with Crippen molar-refractivity contribution in [3.8, 4) is 11.3 Å². The second-order valence-electron chi connectivity index (χ2n) is 7.48. The van der Waals surface area contributed by atoms with Crippen molar-refractivity contribution in [3.05, 3.63) is 70.3 Å². The van der Waals surface area contributed by atoms with Gasteiger partial charge in [0, 0.05) is 30.4 Å². The van der Waals surface area contributed by atoms with E-state index in [1.165, 1.54) is 12.3 Å². The van der Waals surface area contributed by atoms with Crippen molar-refractivity contribution in [2.24, 2.45) is 7.05 Å². The Labute approximate surface area is 177 Å². The number of halogens is 2. The molecule has 1 amide bonds. The van der Waals surface area contributed by atoms with E-state index >= 15 is 0 Å². The highest BCUT2D eigenvalue weighted by Crippen LogP contribution is 2.27. The summed E-state index contributed by atoms with van der Waals surface area (Å²) in [6.45, 7) is 5.99. The van der Waals surface area contributed by atoms with Gasteiger partial charge in [-0.15, -0.1) is 0 Å². The fourth-order valence-electron chi connectivity index (χ4n) is 3.51. The first-order valence-corrected chi connectivity index (χ1v) is 9.77. The first kappa shape index (κ1) is 20.6. The molecule has 0 aliphatic carbocycles. The minimum Gasteiger partial charge on any atom is -0.348 e. The van der Waals surface area contributed by atoms with Crippen LogP contribution in [-0.4, -0.2) is 30.3 Å². The Bertz CT molecular complexity index is 1270. The Morgan fingerprint density at radius 3 is 2.48 bits per heavy atom. The number of aromatic nitrogens is 5. The minimum atomic E-state index is -2.77. The van der Waals surface area contributed by atoms with E-state index in [1.807, 2.05) is 52.1 Å². The van der Waals surface area contributed by atoms with Crippen molar-refractivity contribution in [2.75, 3.05) is 0 Å². The molecule has 0 radical (unpaired) electrons. The zero-order valence-electron chi connectivity index (χ0n) is 17.6. The molecule has 0 aliphatic heterocycles. The molecule has 7 nitrogen and oxygen atoms in total. The van der Waals surface area contributed by atoms with Gasteiger partial charge < -0.3 is 5.32 Å². The predicted octanol–water partition coefficient (Wildman–Crippen LogP) is 3.92. The summed E-state index contributed by atoms with van der Waals surface area (Å²) in [5, 5.41) is 11.2. The number of carbonyl (C=O) groups is 1. The summed E-state index contributed by atoms with van der Waals surface area (Å²) in [4.78, 5) is 17.4. The van der Waals surface area contributed by atoms with Crippen molar-refractivity contribution in [1.29, 1.82) is 0 Å². The first-order chi connectivity index (χ1) is 14.8. The summed E-state index contributed by atoms with van der Waals surface area (Å²) in [6.07, 6.45) is -1.50. The number of hydrogen-bond acceptors (Lipinski definition) is 4. The third kappa shape index (κ3) is 3.78. The molecule has 0 saturated heterocycles. The Hall–Kier alpha value is -3.62.